The number of pyridine rings is 5. The highest BCUT2D eigenvalue weighted by atomic mass is 16.5. The molecule has 38 nitrogen and oxygen atoms in total. The molecule has 6 atom stereocenters. The van der Waals surface area contributed by atoms with Crippen molar-refractivity contribution in [1.82, 2.24) is 83.6 Å². The zero-order valence-electron chi connectivity index (χ0n) is 79.7. The lowest BCUT2D eigenvalue weighted by Gasteiger charge is -2.27. The molecular weight excluding hydrogens is 1790 g/mol. The Morgan fingerprint density at radius 1 is 0.357 bits per heavy atom. The number of hydrogen-bond acceptors (Lipinski definition) is 28. The SMILES string of the molecule is CC1CC(Oc2nn(C)c3cc(NC(=O)c4ccccn4)ccc23)CCO1.CC1CC(Oc2nn(C)c3cc(NC(=O)c4ncccc4N)ccc23)CCO1.CC1CC(Oc2nn(C)c3cc(NC(=O)c4ncccc4O)ccc23)CCO1.Cn1nc(OCCN2CCCCC2)c2ccc(NC(=O)c3ccccn3)cc21.Cn1nc(OCCN2CCCCC2)c2ccc(NC(=O)c3ncccc3N)cc21. The maximum atomic E-state index is 12.4. The van der Waals surface area contributed by atoms with Gasteiger partial charge in [0.05, 0.1) is 104 Å². The van der Waals surface area contributed by atoms with Gasteiger partial charge in [0.1, 0.15) is 48.7 Å². The number of amides is 5. The fourth-order valence-corrected chi connectivity index (χ4v) is 17.3. The van der Waals surface area contributed by atoms with Crippen LogP contribution in [0.2, 0.25) is 0 Å². The Balaban J connectivity index is 0.000000126. The number of aryl methyl sites for hydroxylation is 5. The van der Waals surface area contributed by atoms with Gasteiger partial charge in [-0.3, -0.25) is 67.1 Å². The summed E-state index contributed by atoms with van der Waals surface area (Å²) < 4.78 is 55.8. The van der Waals surface area contributed by atoms with E-state index in [1.807, 2.05) is 127 Å². The summed E-state index contributed by atoms with van der Waals surface area (Å²) in [5.74, 6) is 1.23. The molecule has 5 amide bonds. The van der Waals surface area contributed by atoms with Gasteiger partial charge in [-0.05, 0) is 224 Å². The van der Waals surface area contributed by atoms with Crippen molar-refractivity contribution < 1.29 is 67.0 Å². The van der Waals surface area contributed by atoms with Crippen LogP contribution in [-0.4, -0.2) is 227 Å². The molecule has 0 aliphatic carbocycles. The molecule has 0 spiro atoms. The number of aromatic nitrogens is 15. The number of carbonyl (C=O) groups is 5. The predicted molar refractivity (Wildman–Crippen MR) is 534 cm³/mol. The minimum Gasteiger partial charge on any atom is -0.505 e. The lowest BCUT2D eigenvalue weighted by atomic mass is 10.1. The highest BCUT2D eigenvalue weighted by Crippen LogP contribution is 2.37. The van der Waals surface area contributed by atoms with Crippen LogP contribution in [0.4, 0.5) is 39.8 Å². The fraction of sp³-hybridized carbons (Fsp3) is 0.363. The molecule has 10 aromatic heterocycles. The van der Waals surface area contributed by atoms with E-state index in [1.165, 1.54) is 57.0 Å². The third kappa shape index (κ3) is 25.2. The summed E-state index contributed by atoms with van der Waals surface area (Å²) in [6.45, 7) is 15.9. The van der Waals surface area contributed by atoms with Gasteiger partial charge in [-0.25, -0.2) is 15.0 Å². The molecule has 0 bridgehead atoms. The number of benzene rings is 5. The molecule has 730 valence electrons. The molecule has 5 aliphatic heterocycles. The van der Waals surface area contributed by atoms with Crippen molar-refractivity contribution in [3.63, 3.8) is 0 Å². The van der Waals surface area contributed by atoms with Crippen LogP contribution in [0.15, 0.2) is 195 Å². The monoisotopic (exact) mass is 1900 g/mol. The van der Waals surface area contributed by atoms with Gasteiger partial charge in [0.15, 0.2) is 17.1 Å². The zero-order chi connectivity index (χ0) is 97.7. The first-order chi connectivity index (χ1) is 67.9. The second kappa shape index (κ2) is 46.3. The molecule has 0 saturated carbocycles. The third-order valence-electron chi connectivity index (χ3n) is 24.6. The molecule has 5 saturated heterocycles. The number of nitrogen functional groups attached to an aromatic ring is 2. The number of aromatic hydroxyl groups is 1. The van der Waals surface area contributed by atoms with E-state index in [9.17, 15) is 29.1 Å². The second-order valence-corrected chi connectivity index (χ2v) is 35.1. The van der Waals surface area contributed by atoms with Gasteiger partial charge in [0.2, 0.25) is 29.4 Å². The minimum atomic E-state index is -0.479. The highest BCUT2D eigenvalue weighted by molar-refractivity contribution is 6.09. The van der Waals surface area contributed by atoms with E-state index in [2.05, 4.69) is 101 Å². The minimum absolute atomic E-state index is 0.0229. The van der Waals surface area contributed by atoms with Crippen LogP contribution in [0, 0.1) is 0 Å². The summed E-state index contributed by atoms with van der Waals surface area (Å²) >= 11 is 0. The Labute approximate surface area is 808 Å². The molecule has 6 unspecified atom stereocenters. The van der Waals surface area contributed by atoms with E-state index >= 15 is 0 Å². The smallest absolute Gasteiger partial charge is 0.278 e. The molecule has 20 rings (SSSR count). The van der Waals surface area contributed by atoms with Gasteiger partial charge in [-0.2, -0.15) is 0 Å². The first-order valence-electron chi connectivity index (χ1n) is 47.3. The number of nitrogens with one attached hydrogen (secondary N) is 5. The number of fused-ring (bicyclic) bond motifs is 5. The number of piperidine rings is 2. The number of hydrogen-bond donors (Lipinski definition) is 8. The Morgan fingerprint density at radius 3 is 0.957 bits per heavy atom. The van der Waals surface area contributed by atoms with Crippen molar-refractivity contribution in [1.29, 1.82) is 0 Å². The fourth-order valence-electron chi connectivity index (χ4n) is 17.3. The van der Waals surface area contributed by atoms with Crippen LogP contribution < -0.4 is 61.7 Å². The van der Waals surface area contributed by atoms with E-state index in [0.717, 1.165) is 132 Å². The Bertz CT molecular complexity index is 6650. The Kier molecular flexibility index (Phi) is 32.3. The van der Waals surface area contributed by atoms with E-state index < -0.39 is 5.91 Å². The molecule has 15 heterocycles. The van der Waals surface area contributed by atoms with Gasteiger partial charge in [-0.1, -0.05) is 25.0 Å². The van der Waals surface area contributed by atoms with E-state index in [1.54, 1.807) is 115 Å². The van der Waals surface area contributed by atoms with Crippen LogP contribution in [0.3, 0.4) is 0 Å². The molecular formula is C102H118N24O14. The molecule has 0 radical (unpaired) electrons. The van der Waals surface area contributed by atoms with Gasteiger partial charge in [-0.15, -0.1) is 25.5 Å². The molecule has 15 aromatic rings. The second-order valence-electron chi connectivity index (χ2n) is 35.1. The van der Waals surface area contributed by atoms with Crippen molar-refractivity contribution >= 4 is 124 Å². The van der Waals surface area contributed by atoms with Crippen molar-refractivity contribution in [2.75, 3.05) is 110 Å². The summed E-state index contributed by atoms with van der Waals surface area (Å²) in [6.07, 6.45) is 21.4. The normalized spacial score (nSPS) is 17.7. The Hall–Kier alpha value is -15.3. The van der Waals surface area contributed by atoms with Crippen molar-refractivity contribution in [3.8, 4) is 35.1 Å². The van der Waals surface area contributed by atoms with Crippen molar-refractivity contribution in [2.24, 2.45) is 35.2 Å². The quantitative estimate of drug-likeness (QED) is 0.0278. The highest BCUT2D eigenvalue weighted by Gasteiger charge is 2.29. The van der Waals surface area contributed by atoms with Crippen molar-refractivity contribution in [2.45, 2.75) is 134 Å². The van der Waals surface area contributed by atoms with Gasteiger partial charge in [0, 0.05) is 146 Å². The van der Waals surface area contributed by atoms with E-state index in [0.29, 0.717) is 114 Å². The number of anilines is 7. The molecule has 5 fully saturated rings. The summed E-state index contributed by atoms with van der Waals surface area (Å²) in [7, 11) is 9.29. The third-order valence-corrected chi connectivity index (χ3v) is 24.6. The average Bonchev–Trinajstić information content (AvgIpc) is 1.66. The predicted octanol–water partition coefficient (Wildman–Crippen LogP) is 14.5. The lowest BCUT2D eigenvalue weighted by Crippen LogP contribution is -2.33. The number of nitrogens with two attached hydrogens (primary N) is 2. The number of carbonyl (C=O) groups excluding carboxylic acids is 5. The number of rotatable bonds is 24. The maximum Gasteiger partial charge on any atom is 0.278 e. The maximum absolute atomic E-state index is 12.4. The van der Waals surface area contributed by atoms with Gasteiger partial charge < -0.3 is 81.1 Å². The number of nitrogens with zero attached hydrogens (tertiary/aromatic N) is 17. The molecule has 38 heteroatoms. The lowest BCUT2D eigenvalue weighted by molar-refractivity contribution is -0.0264. The van der Waals surface area contributed by atoms with Crippen LogP contribution in [0.1, 0.15) is 150 Å². The summed E-state index contributed by atoms with van der Waals surface area (Å²) in [5, 5.41) is 51.1. The molecule has 5 aromatic carbocycles. The number of likely N-dealkylation sites (tertiary alicyclic amines) is 2. The van der Waals surface area contributed by atoms with Crippen LogP contribution in [0.5, 0.6) is 35.1 Å². The summed E-state index contributed by atoms with van der Waals surface area (Å²) in [4.78, 5) is 86.9. The summed E-state index contributed by atoms with van der Waals surface area (Å²) in [6, 6.07) is 48.2. The average molecular weight is 1900 g/mol. The van der Waals surface area contributed by atoms with Crippen LogP contribution in [-0.2, 0) is 49.4 Å². The van der Waals surface area contributed by atoms with Crippen molar-refractivity contribution in [3.05, 3.63) is 223 Å². The Morgan fingerprint density at radius 2 is 0.650 bits per heavy atom. The standard InChI is InChI=1S/C21H26N6O2.C21H25N5O2.C20H23N5O3.C20H22N4O4.C20H22N4O3/c1-26-18-14-15(24-20(28)19-17(22)6-5-9-23-19)7-8-16(18)21(25-26)29-13-12-27-10-3-2-4-11-27;1-25-19-15-16(23-20(27)18-7-3-4-10-22-18)8-9-17(19)21(24-25)28-14-13-26-11-5-2-6-12-26;1-12-10-14(7-9-27-12)28-20-15-6-5-13(11-17(15)25(2)24-20)23-19(26)18-16(21)4-3-8-22-18;1-12-10-14(7-9-27-12)28-20-15-6-5-13(11-16(15)24(2)23-20)22-19(26)18-17(25)4-3-8-21-18;1-13-11-15(8-10-26-13)27-20-16-7-6-14(12-18(16)24(2)23-20)22-19(25)17-5-3-4-9-21-17/h5-9,14H,2-4,10-13,22H2,1H3,(H,24,28);3-4,7-10,15H,2,5-6,11-14H2,1H3,(H,23,27);3-6,8,11-12,14H,7,9-10,21H2,1-2H3,(H,23,26);3-6,8,11-12,14,25H,7,9-10H2,1-2H3,(H,22,26);3-7,9,12-13,15H,8,10-11H2,1-2H3,(H,22,25). The first-order valence-corrected chi connectivity index (χ1v) is 47.3. The topological polar surface area (TPSA) is 452 Å². The number of ether oxygens (including phenoxy) is 8. The summed E-state index contributed by atoms with van der Waals surface area (Å²) in [5.41, 5.74) is 21.1. The molecule has 10 N–H and O–H groups in total. The van der Waals surface area contributed by atoms with Crippen LogP contribution >= 0.6 is 0 Å². The van der Waals surface area contributed by atoms with Gasteiger partial charge >= 0.3 is 0 Å². The molecule has 5 aliphatic rings. The van der Waals surface area contributed by atoms with E-state index in [-0.39, 0.29) is 83.1 Å². The zero-order valence-corrected chi connectivity index (χ0v) is 79.7. The molecule has 140 heavy (non-hydrogen) atoms. The first kappa shape index (κ1) is 97.8. The van der Waals surface area contributed by atoms with E-state index in [4.69, 9.17) is 49.4 Å². The largest absolute Gasteiger partial charge is 0.505 e. The van der Waals surface area contributed by atoms with Crippen LogP contribution in [0.25, 0.3) is 54.5 Å². The van der Waals surface area contributed by atoms with Gasteiger partial charge in [0.25, 0.3) is 29.5 Å².